The molecule has 0 radical (unpaired) electrons. The molecule has 2 heterocycles. The summed E-state index contributed by atoms with van der Waals surface area (Å²) in [5.41, 5.74) is -0.641. The highest BCUT2D eigenvalue weighted by Crippen LogP contribution is 2.10. The fourth-order valence-corrected chi connectivity index (χ4v) is 2.35. The van der Waals surface area contributed by atoms with Crippen molar-refractivity contribution in [2.75, 3.05) is 6.61 Å². The highest BCUT2D eigenvalue weighted by molar-refractivity contribution is 5.72. The number of ether oxygens (including phenoxy) is 1. The summed E-state index contributed by atoms with van der Waals surface area (Å²) >= 11 is 0. The van der Waals surface area contributed by atoms with Crippen LogP contribution in [0.4, 0.5) is 4.39 Å². The van der Waals surface area contributed by atoms with Gasteiger partial charge in [-0.1, -0.05) is 0 Å². The smallest absolute Gasteiger partial charge is 0.332 e. The quantitative estimate of drug-likeness (QED) is 0.713. The molecule has 0 saturated carbocycles. The van der Waals surface area contributed by atoms with Crippen LogP contribution in [0.5, 0.6) is 5.75 Å². The maximum atomic E-state index is 12.8. The summed E-state index contributed by atoms with van der Waals surface area (Å²) in [5.74, 6) is 0.576. The van der Waals surface area contributed by atoms with E-state index in [-0.39, 0.29) is 24.4 Å². The Labute approximate surface area is 136 Å². The third kappa shape index (κ3) is 2.90. The van der Waals surface area contributed by atoms with Crippen molar-refractivity contribution in [2.45, 2.75) is 13.5 Å². The summed E-state index contributed by atoms with van der Waals surface area (Å²) in [6, 6.07) is 5.51. The second-order valence-electron chi connectivity index (χ2n) is 5.26. The molecule has 7 nitrogen and oxygen atoms in total. The van der Waals surface area contributed by atoms with Gasteiger partial charge in [0.2, 0.25) is 0 Å². The van der Waals surface area contributed by atoms with E-state index >= 15 is 0 Å². The van der Waals surface area contributed by atoms with E-state index in [1.54, 1.807) is 14.0 Å². The Balaban J connectivity index is 1.89. The average Bonchev–Trinajstić information content (AvgIpc) is 2.57. The largest absolute Gasteiger partial charge is 0.492 e. The minimum absolute atomic E-state index is 0.0622. The molecular formula is C16H15FN4O3. The summed E-state index contributed by atoms with van der Waals surface area (Å²) in [6.45, 7) is 1.84. The Hall–Kier alpha value is -3.03. The molecule has 0 unspecified atom stereocenters. The zero-order valence-corrected chi connectivity index (χ0v) is 13.2. The molecule has 0 spiro atoms. The van der Waals surface area contributed by atoms with Gasteiger partial charge in [-0.25, -0.2) is 19.2 Å². The molecule has 124 valence electrons. The normalized spacial score (nSPS) is 11.0. The number of fused-ring (bicyclic) bond motifs is 1. The fraction of sp³-hybridized carbons (Fsp3) is 0.250. The Morgan fingerprint density at radius 1 is 1.21 bits per heavy atom. The molecule has 0 fully saturated rings. The standard InChI is InChI=1S/C16H15FN4O3/c1-10-18-9-13-14(19-10)20(2)16(23)21(15(13)22)7-8-24-12-5-3-11(17)4-6-12/h3-6,9H,7-8H2,1-2H3. The van der Waals surface area contributed by atoms with Crippen LogP contribution < -0.4 is 16.0 Å². The molecule has 1 aromatic carbocycles. The third-order valence-corrected chi connectivity index (χ3v) is 3.60. The SMILES string of the molecule is Cc1ncc2c(=O)n(CCOc3ccc(F)cc3)c(=O)n(C)c2n1. The van der Waals surface area contributed by atoms with Crippen molar-refractivity contribution in [1.82, 2.24) is 19.1 Å². The number of benzene rings is 1. The molecule has 0 N–H and O–H groups in total. The third-order valence-electron chi connectivity index (χ3n) is 3.60. The summed E-state index contributed by atoms with van der Waals surface area (Å²) in [4.78, 5) is 33.0. The van der Waals surface area contributed by atoms with Gasteiger partial charge in [0.05, 0.1) is 6.54 Å². The van der Waals surface area contributed by atoms with Crippen LogP contribution >= 0.6 is 0 Å². The van der Waals surface area contributed by atoms with Crippen molar-refractivity contribution in [3.8, 4) is 5.75 Å². The molecule has 3 rings (SSSR count). The zero-order valence-electron chi connectivity index (χ0n) is 13.2. The first-order valence-electron chi connectivity index (χ1n) is 7.29. The van der Waals surface area contributed by atoms with Gasteiger partial charge >= 0.3 is 5.69 Å². The van der Waals surface area contributed by atoms with Crippen molar-refractivity contribution in [3.05, 3.63) is 62.9 Å². The number of nitrogens with zero attached hydrogens (tertiary/aromatic N) is 4. The van der Waals surface area contributed by atoms with Crippen LogP contribution in [0.25, 0.3) is 11.0 Å². The van der Waals surface area contributed by atoms with E-state index in [0.29, 0.717) is 17.2 Å². The first kappa shape index (κ1) is 15.9. The highest BCUT2D eigenvalue weighted by atomic mass is 19.1. The molecule has 0 aliphatic carbocycles. The predicted molar refractivity (Wildman–Crippen MR) is 85.7 cm³/mol. The van der Waals surface area contributed by atoms with Gasteiger partial charge in [-0.3, -0.25) is 13.9 Å². The van der Waals surface area contributed by atoms with Crippen molar-refractivity contribution >= 4 is 11.0 Å². The number of hydrogen-bond acceptors (Lipinski definition) is 5. The maximum Gasteiger partial charge on any atom is 0.332 e. The molecule has 2 aromatic heterocycles. The van der Waals surface area contributed by atoms with Crippen LogP contribution in [0.15, 0.2) is 40.1 Å². The lowest BCUT2D eigenvalue weighted by Gasteiger charge is -2.11. The van der Waals surface area contributed by atoms with E-state index < -0.39 is 11.2 Å². The summed E-state index contributed by atoms with van der Waals surface area (Å²) in [5, 5.41) is 0.268. The van der Waals surface area contributed by atoms with Crippen molar-refractivity contribution in [3.63, 3.8) is 0 Å². The minimum Gasteiger partial charge on any atom is -0.492 e. The van der Waals surface area contributed by atoms with Crippen molar-refractivity contribution < 1.29 is 9.13 Å². The maximum absolute atomic E-state index is 12.8. The molecule has 0 bridgehead atoms. The molecule has 0 saturated heterocycles. The van der Waals surface area contributed by atoms with Crippen LogP contribution in [0.1, 0.15) is 5.82 Å². The lowest BCUT2D eigenvalue weighted by atomic mass is 10.3. The monoisotopic (exact) mass is 330 g/mol. The summed E-state index contributed by atoms with van der Waals surface area (Å²) in [7, 11) is 1.55. The Morgan fingerprint density at radius 3 is 2.62 bits per heavy atom. The van der Waals surface area contributed by atoms with Gasteiger partial charge < -0.3 is 4.74 Å². The number of aromatic nitrogens is 4. The Bertz CT molecular complexity index is 1010. The van der Waals surface area contributed by atoms with Gasteiger partial charge in [0.15, 0.2) is 5.65 Å². The number of halogens is 1. The van der Waals surface area contributed by atoms with Crippen LogP contribution in [-0.2, 0) is 13.6 Å². The van der Waals surface area contributed by atoms with Gasteiger partial charge in [0.1, 0.15) is 29.4 Å². The van der Waals surface area contributed by atoms with Crippen LogP contribution in [0.2, 0.25) is 0 Å². The van der Waals surface area contributed by atoms with Crippen LogP contribution in [-0.4, -0.2) is 25.7 Å². The van der Waals surface area contributed by atoms with Crippen LogP contribution in [0.3, 0.4) is 0 Å². The van der Waals surface area contributed by atoms with E-state index in [1.165, 1.54) is 35.0 Å². The van der Waals surface area contributed by atoms with Gasteiger partial charge in [-0.05, 0) is 31.2 Å². The molecule has 0 amide bonds. The molecule has 0 aliphatic heterocycles. The first-order chi connectivity index (χ1) is 11.5. The van der Waals surface area contributed by atoms with Gasteiger partial charge in [0.25, 0.3) is 5.56 Å². The fourth-order valence-electron chi connectivity index (χ4n) is 2.35. The Morgan fingerprint density at radius 2 is 1.92 bits per heavy atom. The minimum atomic E-state index is -0.478. The number of hydrogen-bond donors (Lipinski definition) is 0. The average molecular weight is 330 g/mol. The molecular weight excluding hydrogens is 315 g/mol. The highest BCUT2D eigenvalue weighted by Gasteiger charge is 2.12. The summed E-state index contributed by atoms with van der Waals surface area (Å²) in [6.07, 6.45) is 1.41. The van der Waals surface area contributed by atoms with Crippen molar-refractivity contribution in [1.29, 1.82) is 0 Å². The van der Waals surface area contributed by atoms with Crippen LogP contribution in [0, 0.1) is 12.7 Å². The lowest BCUT2D eigenvalue weighted by molar-refractivity contribution is 0.292. The number of rotatable bonds is 4. The molecule has 8 heteroatoms. The van der Waals surface area contributed by atoms with E-state index in [1.807, 2.05) is 0 Å². The zero-order chi connectivity index (χ0) is 17.3. The second kappa shape index (κ2) is 6.23. The van der Waals surface area contributed by atoms with Gasteiger partial charge in [-0.15, -0.1) is 0 Å². The predicted octanol–water partition coefficient (Wildman–Crippen LogP) is 1.02. The van der Waals surface area contributed by atoms with E-state index in [2.05, 4.69) is 9.97 Å². The first-order valence-corrected chi connectivity index (χ1v) is 7.29. The van der Waals surface area contributed by atoms with E-state index in [4.69, 9.17) is 4.74 Å². The van der Waals surface area contributed by atoms with Gasteiger partial charge in [0, 0.05) is 13.2 Å². The van der Waals surface area contributed by atoms with E-state index in [9.17, 15) is 14.0 Å². The van der Waals surface area contributed by atoms with Crippen molar-refractivity contribution in [2.24, 2.45) is 7.05 Å². The molecule has 0 aliphatic rings. The summed E-state index contributed by atoms with van der Waals surface area (Å²) < 4.78 is 20.7. The van der Waals surface area contributed by atoms with Gasteiger partial charge in [-0.2, -0.15) is 0 Å². The molecule has 3 aromatic rings. The molecule has 0 atom stereocenters. The van der Waals surface area contributed by atoms with E-state index in [0.717, 1.165) is 4.57 Å². The second-order valence-corrected chi connectivity index (χ2v) is 5.26. The number of aryl methyl sites for hydroxylation is 2. The topological polar surface area (TPSA) is 79.0 Å². The molecule has 24 heavy (non-hydrogen) atoms. The Kier molecular flexibility index (Phi) is 4.11. The lowest BCUT2D eigenvalue weighted by Crippen LogP contribution is -2.40.